The number of aliphatic carboxylic acids is 1. The zero-order valence-corrected chi connectivity index (χ0v) is 12.7. The highest BCUT2D eigenvalue weighted by Crippen LogP contribution is 2.23. The van der Waals surface area contributed by atoms with E-state index in [1.54, 1.807) is 11.8 Å². The van der Waals surface area contributed by atoms with Crippen molar-refractivity contribution in [1.29, 1.82) is 0 Å². The molecule has 0 saturated carbocycles. The Morgan fingerprint density at radius 3 is 2.79 bits per heavy atom. The molecule has 19 heavy (non-hydrogen) atoms. The molecule has 1 fully saturated rings. The van der Waals surface area contributed by atoms with Gasteiger partial charge < -0.3 is 15.3 Å². The number of nitrogens with zero attached hydrogens (tertiary/aromatic N) is 1. The Kier molecular flexibility index (Phi) is 6.48. The number of thioether (sulfide) groups is 1. The molecular formula is C13H24N2O3S. The maximum atomic E-state index is 12.1. The third kappa shape index (κ3) is 4.60. The summed E-state index contributed by atoms with van der Waals surface area (Å²) in [5, 5.41) is 12.1. The maximum Gasteiger partial charge on any atom is 0.326 e. The molecule has 0 aromatic carbocycles. The molecule has 0 radical (unpaired) electrons. The van der Waals surface area contributed by atoms with Crippen LogP contribution in [-0.2, 0) is 4.79 Å². The molecule has 6 heteroatoms. The van der Waals surface area contributed by atoms with Crippen LogP contribution in [0.25, 0.3) is 0 Å². The van der Waals surface area contributed by atoms with E-state index in [2.05, 4.69) is 12.2 Å². The molecule has 3 atom stereocenters. The van der Waals surface area contributed by atoms with Crippen molar-refractivity contribution in [2.75, 3.05) is 25.1 Å². The zero-order valence-electron chi connectivity index (χ0n) is 11.9. The molecule has 1 aliphatic heterocycles. The molecule has 2 amide bonds. The predicted octanol–water partition coefficient (Wildman–Crippen LogP) is 1.88. The van der Waals surface area contributed by atoms with Gasteiger partial charge in [-0.05, 0) is 36.7 Å². The number of carbonyl (C=O) groups excluding carboxylic acids is 1. The van der Waals surface area contributed by atoms with Crippen molar-refractivity contribution >= 4 is 23.8 Å². The van der Waals surface area contributed by atoms with Gasteiger partial charge in [-0.2, -0.15) is 11.8 Å². The van der Waals surface area contributed by atoms with Crippen molar-refractivity contribution in [3.05, 3.63) is 0 Å². The van der Waals surface area contributed by atoms with E-state index in [1.165, 1.54) is 4.90 Å². The van der Waals surface area contributed by atoms with Crippen LogP contribution in [0.4, 0.5) is 4.79 Å². The van der Waals surface area contributed by atoms with Crippen molar-refractivity contribution in [3.8, 4) is 0 Å². The largest absolute Gasteiger partial charge is 0.480 e. The van der Waals surface area contributed by atoms with Gasteiger partial charge in [-0.3, -0.25) is 0 Å². The van der Waals surface area contributed by atoms with Gasteiger partial charge in [-0.15, -0.1) is 0 Å². The second-order valence-electron chi connectivity index (χ2n) is 5.34. The van der Waals surface area contributed by atoms with Gasteiger partial charge in [0.15, 0.2) is 0 Å². The fourth-order valence-electron chi connectivity index (χ4n) is 2.50. The summed E-state index contributed by atoms with van der Waals surface area (Å²) in [7, 11) is 0. The molecule has 1 heterocycles. The Labute approximate surface area is 119 Å². The average Bonchev–Trinajstić information content (AvgIpc) is 2.35. The standard InChI is InChI=1S/C13H24N2O3S/c1-9(8-19-3)7-14-13(18)15-6-4-5-10(2)11(15)12(16)17/h9-11H,4-8H2,1-3H3,(H,14,18)(H,16,17). The van der Waals surface area contributed by atoms with Crippen LogP contribution in [0.1, 0.15) is 26.7 Å². The first-order chi connectivity index (χ1) is 8.97. The van der Waals surface area contributed by atoms with Crippen LogP contribution in [-0.4, -0.2) is 53.1 Å². The highest BCUT2D eigenvalue weighted by atomic mass is 32.2. The van der Waals surface area contributed by atoms with Gasteiger partial charge >= 0.3 is 12.0 Å². The van der Waals surface area contributed by atoms with E-state index in [9.17, 15) is 14.7 Å². The smallest absolute Gasteiger partial charge is 0.326 e. The first-order valence-corrected chi connectivity index (χ1v) is 8.13. The summed E-state index contributed by atoms with van der Waals surface area (Å²) in [5.41, 5.74) is 0. The van der Waals surface area contributed by atoms with Crippen LogP contribution in [0.2, 0.25) is 0 Å². The van der Waals surface area contributed by atoms with Crippen molar-refractivity contribution in [3.63, 3.8) is 0 Å². The van der Waals surface area contributed by atoms with Crippen LogP contribution >= 0.6 is 11.8 Å². The van der Waals surface area contributed by atoms with Gasteiger partial charge in [0.25, 0.3) is 0 Å². The third-order valence-electron chi connectivity index (χ3n) is 3.50. The molecule has 110 valence electrons. The van der Waals surface area contributed by atoms with E-state index in [0.29, 0.717) is 19.0 Å². The number of rotatable bonds is 5. The lowest BCUT2D eigenvalue weighted by molar-refractivity contribution is -0.145. The highest BCUT2D eigenvalue weighted by Gasteiger charge is 2.36. The molecule has 0 aromatic heterocycles. The Morgan fingerprint density at radius 2 is 2.21 bits per heavy atom. The highest BCUT2D eigenvalue weighted by molar-refractivity contribution is 7.98. The molecule has 1 rings (SSSR count). The van der Waals surface area contributed by atoms with Crippen molar-refractivity contribution in [1.82, 2.24) is 10.2 Å². The fraction of sp³-hybridized carbons (Fsp3) is 0.846. The number of urea groups is 1. The third-order valence-corrected chi connectivity index (χ3v) is 4.40. The second kappa shape index (κ2) is 7.62. The van der Waals surface area contributed by atoms with Crippen LogP contribution in [0, 0.1) is 11.8 Å². The van der Waals surface area contributed by atoms with E-state index in [1.807, 2.05) is 13.2 Å². The monoisotopic (exact) mass is 288 g/mol. The molecule has 2 N–H and O–H groups in total. The van der Waals surface area contributed by atoms with E-state index < -0.39 is 12.0 Å². The molecule has 0 bridgehead atoms. The SMILES string of the molecule is CSCC(C)CNC(=O)N1CCCC(C)C1C(=O)O. The minimum absolute atomic E-state index is 0.0145. The summed E-state index contributed by atoms with van der Waals surface area (Å²) in [6, 6.07) is -0.934. The number of carbonyl (C=O) groups is 2. The topological polar surface area (TPSA) is 69.6 Å². The van der Waals surface area contributed by atoms with E-state index in [-0.39, 0.29) is 11.9 Å². The predicted molar refractivity (Wildman–Crippen MR) is 77.5 cm³/mol. The van der Waals surface area contributed by atoms with E-state index in [0.717, 1.165) is 18.6 Å². The second-order valence-corrected chi connectivity index (χ2v) is 6.25. The number of carboxylic acid groups (broad SMARTS) is 1. The van der Waals surface area contributed by atoms with Gasteiger partial charge in [0.2, 0.25) is 0 Å². The number of amides is 2. The summed E-state index contributed by atoms with van der Waals surface area (Å²) in [6.07, 6.45) is 3.77. The number of hydrogen-bond acceptors (Lipinski definition) is 3. The van der Waals surface area contributed by atoms with Gasteiger partial charge in [-0.25, -0.2) is 9.59 Å². The summed E-state index contributed by atoms with van der Waals surface area (Å²) in [4.78, 5) is 24.9. The van der Waals surface area contributed by atoms with Gasteiger partial charge in [0.1, 0.15) is 6.04 Å². The van der Waals surface area contributed by atoms with Crippen LogP contribution < -0.4 is 5.32 Å². The number of nitrogens with one attached hydrogen (secondary N) is 1. The minimum atomic E-state index is -0.903. The Balaban J connectivity index is 2.55. The molecule has 3 unspecified atom stereocenters. The Morgan fingerprint density at radius 1 is 1.53 bits per heavy atom. The summed E-state index contributed by atoms with van der Waals surface area (Å²) in [6.45, 7) is 5.10. The molecule has 1 aliphatic rings. The fourth-order valence-corrected chi connectivity index (χ4v) is 3.19. The first kappa shape index (κ1) is 16.1. The van der Waals surface area contributed by atoms with Gasteiger partial charge in [0.05, 0.1) is 0 Å². The lowest BCUT2D eigenvalue weighted by atomic mass is 9.91. The molecule has 0 aliphatic carbocycles. The summed E-state index contributed by atoms with van der Waals surface area (Å²) < 4.78 is 0. The van der Waals surface area contributed by atoms with Crippen molar-refractivity contribution in [2.45, 2.75) is 32.7 Å². The maximum absolute atomic E-state index is 12.1. The van der Waals surface area contributed by atoms with Gasteiger partial charge in [0, 0.05) is 13.1 Å². The lowest BCUT2D eigenvalue weighted by Gasteiger charge is -2.37. The number of hydrogen-bond donors (Lipinski definition) is 2. The zero-order chi connectivity index (χ0) is 14.4. The van der Waals surface area contributed by atoms with Crippen molar-refractivity contribution in [2.24, 2.45) is 11.8 Å². The Hall–Kier alpha value is -0.910. The summed E-state index contributed by atoms with van der Waals surface area (Å²) >= 11 is 1.74. The lowest BCUT2D eigenvalue weighted by Crippen LogP contribution is -2.55. The summed E-state index contributed by atoms with van der Waals surface area (Å²) in [5.74, 6) is 0.489. The normalized spacial score (nSPS) is 24.9. The van der Waals surface area contributed by atoms with E-state index >= 15 is 0 Å². The minimum Gasteiger partial charge on any atom is -0.480 e. The molecule has 0 spiro atoms. The first-order valence-electron chi connectivity index (χ1n) is 6.73. The quantitative estimate of drug-likeness (QED) is 0.810. The number of piperidine rings is 1. The van der Waals surface area contributed by atoms with Gasteiger partial charge in [-0.1, -0.05) is 13.8 Å². The molecule has 0 aromatic rings. The number of carboxylic acids is 1. The Bertz CT molecular complexity index is 325. The number of likely N-dealkylation sites (tertiary alicyclic amines) is 1. The van der Waals surface area contributed by atoms with Crippen LogP contribution in [0.5, 0.6) is 0 Å². The van der Waals surface area contributed by atoms with Crippen molar-refractivity contribution < 1.29 is 14.7 Å². The molecule has 5 nitrogen and oxygen atoms in total. The van der Waals surface area contributed by atoms with E-state index in [4.69, 9.17) is 0 Å². The van der Waals surface area contributed by atoms with Crippen LogP contribution in [0.15, 0.2) is 0 Å². The van der Waals surface area contributed by atoms with Crippen LogP contribution in [0.3, 0.4) is 0 Å². The molecular weight excluding hydrogens is 264 g/mol. The average molecular weight is 288 g/mol. The molecule has 1 saturated heterocycles.